The van der Waals surface area contributed by atoms with Crippen molar-refractivity contribution in [1.29, 1.82) is 0 Å². The molecule has 2 fully saturated rings. The molecular formula is C21H33NO3. The van der Waals surface area contributed by atoms with Crippen LogP contribution in [-0.2, 0) is 9.47 Å². The minimum Gasteiger partial charge on any atom is -0.449 e. The van der Waals surface area contributed by atoms with E-state index in [2.05, 4.69) is 38.7 Å². The number of nitrogens with one attached hydrogen (secondary N) is 1. The maximum Gasteiger partial charge on any atom is 0.407 e. The lowest BCUT2D eigenvalue weighted by Crippen LogP contribution is -2.56. The molecule has 2 bridgehead atoms. The second-order valence-corrected chi connectivity index (χ2v) is 8.31. The Morgan fingerprint density at radius 1 is 1.40 bits per heavy atom. The fourth-order valence-electron chi connectivity index (χ4n) is 5.17. The predicted octanol–water partition coefficient (Wildman–Crippen LogP) is 4.46. The van der Waals surface area contributed by atoms with E-state index in [1.807, 2.05) is 6.08 Å². The summed E-state index contributed by atoms with van der Waals surface area (Å²) in [5.74, 6) is 1.05. The second-order valence-electron chi connectivity index (χ2n) is 8.31. The molecule has 0 unspecified atom stereocenters. The van der Waals surface area contributed by atoms with Crippen LogP contribution in [0, 0.1) is 23.2 Å². The molecule has 3 rings (SSSR count). The van der Waals surface area contributed by atoms with Gasteiger partial charge in [0.1, 0.15) is 6.61 Å². The molecule has 5 atom stereocenters. The minimum atomic E-state index is -0.269. The summed E-state index contributed by atoms with van der Waals surface area (Å²) < 4.78 is 11.8. The van der Waals surface area contributed by atoms with Crippen molar-refractivity contribution in [3.05, 3.63) is 24.3 Å². The Labute approximate surface area is 152 Å². The van der Waals surface area contributed by atoms with Crippen LogP contribution in [0.5, 0.6) is 0 Å². The van der Waals surface area contributed by atoms with Gasteiger partial charge in [0.15, 0.2) is 0 Å². The van der Waals surface area contributed by atoms with Crippen molar-refractivity contribution >= 4 is 6.09 Å². The molecule has 25 heavy (non-hydrogen) atoms. The lowest BCUT2D eigenvalue weighted by molar-refractivity contribution is -0.149. The van der Waals surface area contributed by atoms with Gasteiger partial charge < -0.3 is 14.8 Å². The fourth-order valence-corrected chi connectivity index (χ4v) is 5.17. The van der Waals surface area contributed by atoms with Crippen LogP contribution in [0.4, 0.5) is 4.79 Å². The quantitative estimate of drug-likeness (QED) is 0.764. The average molecular weight is 347 g/mol. The Morgan fingerprint density at radius 3 is 2.80 bits per heavy atom. The van der Waals surface area contributed by atoms with Crippen molar-refractivity contribution in [2.75, 3.05) is 13.2 Å². The highest BCUT2D eigenvalue weighted by Gasteiger charge is 2.53. The minimum absolute atomic E-state index is 0.0583. The van der Waals surface area contributed by atoms with Crippen LogP contribution < -0.4 is 5.32 Å². The first-order valence-corrected chi connectivity index (χ1v) is 9.83. The van der Waals surface area contributed by atoms with E-state index in [-0.39, 0.29) is 23.7 Å². The zero-order valence-electron chi connectivity index (χ0n) is 15.9. The summed E-state index contributed by atoms with van der Waals surface area (Å²) >= 11 is 0. The van der Waals surface area contributed by atoms with Gasteiger partial charge in [-0.3, -0.25) is 0 Å². The molecule has 4 nitrogen and oxygen atoms in total. The Bertz CT molecular complexity index is 537. The molecule has 3 aliphatic rings. The standard InChI is InChI=1S/C21H33NO3/c1-5-18-19-14(2)11-15(3)21(12-24-18,16(19)4)13-25-20(23)22-17-9-7-6-8-10-17/h5,11,15-19H,1,6-10,12-13H2,2-4H3,(H,22,23)/t15-,16+,18+,19+,21+/m0/s1. The highest BCUT2D eigenvalue weighted by Crippen LogP contribution is 2.52. The second kappa shape index (κ2) is 7.53. The first kappa shape index (κ1) is 18.5. The Morgan fingerprint density at radius 2 is 2.12 bits per heavy atom. The Kier molecular flexibility index (Phi) is 5.57. The van der Waals surface area contributed by atoms with E-state index in [9.17, 15) is 4.79 Å². The van der Waals surface area contributed by atoms with Crippen molar-refractivity contribution in [3.63, 3.8) is 0 Å². The largest absolute Gasteiger partial charge is 0.449 e. The summed E-state index contributed by atoms with van der Waals surface area (Å²) in [5.41, 5.74) is 1.22. The summed E-state index contributed by atoms with van der Waals surface area (Å²) in [6.45, 7) is 11.6. The molecule has 1 N–H and O–H groups in total. The molecule has 4 heteroatoms. The molecule has 0 radical (unpaired) electrons. The van der Waals surface area contributed by atoms with E-state index in [1.54, 1.807) is 0 Å². The number of carbonyl (C=O) groups is 1. The predicted molar refractivity (Wildman–Crippen MR) is 99.3 cm³/mol. The van der Waals surface area contributed by atoms with Crippen LogP contribution in [0.2, 0.25) is 0 Å². The van der Waals surface area contributed by atoms with Crippen LogP contribution >= 0.6 is 0 Å². The van der Waals surface area contributed by atoms with Gasteiger partial charge in [0.25, 0.3) is 0 Å². The van der Waals surface area contributed by atoms with Gasteiger partial charge in [0.05, 0.1) is 12.7 Å². The van der Waals surface area contributed by atoms with E-state index in [0.29, 0.717) is 31.0 Å². The van der Waals surface area contributed by atoms with E-state index < -0.39 is 0 Å². The molecule has 140 valence electrons. The zero-order valence-corrected chi connectivity index (χ0v) is 15.9. The number of ether oxygens (including phenoxy) is 2. The van der Waals surface area contributed by atoms with Crippen molar-refractivity contribution in [3.8, 4) is 0 Å². The smallest absolute Gasteiger partial charge is 0.407 e. The molecule has 1 amide bonds. The van der Waals surface area contributed by atoms with E-state index in [1.165, 1.54) is 24.8 Å². The summed E-state index contributed by atoms with van der Waals surface area (Å²) in [4.78, 5) is 12.3. The van der Waals surface area contributed by atoms with Gasteiger partial charge in [0.2, 0.25) is 0 Å². The number of hydrogen-bond acceptors (Lipinski definition) is 3. The monoisotopic (exact) mass is 347 g/mol. The Hall–Kier alpha value is -1.29. The molecule has 1 saturated carbocycles. The van der Waals surface area contributed by atoms with Crippen LogP contribution in [0.25, 0.3) is 0 Å². The SMILES string of the molecule is C=C[C@H]1OC[C@]2(COC(=O)NC3CCCCC3)[C@H](C)[C@H]1C(C)=C[C@@H]2C. The van der Waals surface area contributed by atoms with Gasteiger partial charge in [0, 0.05) is 17.4 Å². The van der Waals surface area contributed by atoms with Crippen molar-refractivity contribution in [2.24, 2.45) is 23.2 Å². The van der Waals surface area contributed by atoms with Gasteiger partial charge in [-0.1, -0.05) is 50.8 Å². The summed E-state index contributed by atoms with van der Waals surface area (Å²) in [6.07, 6.45) is 9.86. The van der Waals surface area contributed by atoms with Crippen LogP contribution in [0.1, 0.15) is 52.9 Å². The number of hydrogen-bond donors (Lipinski definition) is 1. The van der Waals surface area contributed by atoms with E-state index >= 15 is 0 Å². The maximum atomic E-state index is 12.3. The number of allylic oxidation sites excluding steroid dienone is 1. The van der Waals surface area contributed by atoms with E-state index in [4.69, 9.17) is 9.47 Å². The molecule has 1 saturated heterocycles. The highest BCUT2D eigenvalue weighted by molar-refractivity contribution is 5.67. The lowest BCUT2D eigenvalue weighted by Gasteiger charge is -2.54. The van der Waals surface area contributed by atoms with Gasteiger partial charge in [-0.05, 0) is 31.6 Å². The third-order valence-electron chi connectivity index (χ3n) is 6.92. The van der Waals surface area contributed by atoms with Gasteiger partial charge in [-0.2, -0.15) is 0 Å². The summed E-state index contributed by atoms with van der Waals surface area (Å²) in [5, 5.41) is 3.05. The number of fused-ring (bicyclic) bond motifs is 2. The molecule has 0 spiro atoms. The molecule has 0 aromatic rings. The molecular weight excluding hydrogens is 314 g/mol. The first-order chi connectivity index (χ1) is 12.0. The topological polar surface area (TPSA) is 47.6 Å². The van der Waals surface area contributed by atoms with Crippen molar-refractivity contribution in [2.45, 2.75) is 65.0 Å². The third-order valence-corrected chi connectivity index (χ3v) is 6.92. The van der Waals surface area contributed by atoms with E-state index in [0.717, 1.165) is 12.8 Å². The Balaban J connectivity index is 1.66. The normalized spacial score (nSPS) is 38.6. The summed E-state index contributed by atoms with van der Waals surface area (Å²) in [6, 6.07) is 0.280. The molecule has 0 aromatic carbocycles. The van der Waals surface area contributed by atoms with Crippen molar-refractivity contribution < 1.29 is 14.3 Å². The van der Waals surface area contributed by atoms with Crippen LogP contribution in [0.15, 0.2) is 24.3 Å². The molecule has 1 aliphatic heterocycles. The number of amides is 1. The molecule has 1 heterocycles. The fraction of sp³-hybridized carbons (Fsp3) is 0.762. The first-order valence-electron chi connectivity index (χ1n) is 9.83. The summed E-state index contributed by atoms with van der Waals surface area (Å²) in [7, 11) is 0. The average Bonchev–Trinajstić information content (AvgIpc) is 2.59. The number of carbonyl (C=O) groups excluding carboxylic acids is 1. The lowest BCUT2D eigenvalue weighted by atomic mass is 9.56. The van der Waals surface area contributed by atoms with Crippen LogP contribution in [-0.4, -0.2) is 31.5 Å². The van der Waals surface area contributed by atoms with Gasteiger partial charge >= 0.3 is 6.09 Å². The van der Waals surface area contributed by atoms with Gasteiger partial charge in [-0.25, -0.2) is 4.79 Å². The maximum absolute atomic E-state index is 12.3. The highest BCUT2D eigenvalue weighted by atomic mass is 16.6. The van der Waals surface area contributed by atoms with Crippen LogP contribution in [0.3, 0.4) is 0 Å². The number of rotatable bonds is 4. The number of alkyl carbamates (subject to hydrolysis) is 1. The van der Waals surface area contributed by atoms with Crippen molar-refractivity contribution in [1.82, 2.24) is 5.32 Å². The zero-order chi connectivity index (χ0) is 18.0. The molecule has 2 aliphatic carbocycles. The van der Waals surface area contributed by atoms with Gasteiger partial charge in [-0.15, -0.1) is 6.58 Å². The molecule has 0 aromatic heterocycles. The third kappa shape index (κ3) is 3.51.